The summed E-state index contributed by atoms with van der Waals surface area (Å²) in [6, 6.07) is 13.6. The smallest absolute Gasteiger partial charge is 0.190 e. The van der Waals surface area contributed by atoms with E-state index in [0.29, 0.717) is 6.61 Å². The quantitative estimate of drug-likeness (QED) is 0.537. The second-order valence-corrected chi connectivity index (χ2v) is 7.29. The Hall–Kier alpha value is -2.77. The number of benzene rings is 2. The first-order valence-corrected chi connectivity index (χ1v) is 10.1. The fourth-order valence-electron chi connectivity index (χ4n) is 3.12. The van der Waals surface area contributed by atoms with Crippen LogP contribution in [0.25, 0.3) is 11.3 Å². The lowest BCUT2D eigenvalue weighted by Gasteiger charge is -2.18. The molecule has 1 unspecified atom stereocenters. The van der Waals surface area contributed by atoms with Crippen molar-refractivity contribution in [1.29, 1.82) is 0 Å². The molecule has 6 nitrogen and oxygen atoms in total. The molecule has 1 aromatic heterocycles. The van der Waals surface area contributed by atoms with Crippen molar-refractivity contribution in [3.05, 3.63) is 52.6 Å². The van der Waals surface area contributed by atoms with Crippen LogP contribution in [-0.4, -0.2) is 39.6 Å². The minimum atomic E-state index is 0.0779. The van der Waals surface area contributed by atoms with Gasteiger partial charge in [-0.25, -0.2) is 4.99 Å². The van der Waals surface area contributed by atoms with Crippen molar-refractivity contribution >= 4 is 17.0 Å². The highest BCUT2D eigenvalue weighted by atomic mass is 32.1. The van der Waals surface area contributed by atoms with Crippen molar-refractivity contribution in [1.82, 2.24) is 4.57 Å². The molecule has 154 valence electrons. The molecule has 2 aromatic carbocycles. The van der Waals surface area contributed by atoms with E-state index in [1.54, 1.807) is 39.8 Å². The van der Waals surface area contributed by atoms with Gasteiger partial charge in [-0.2, -0.15) is 0 Å². The number of nitrogens with zero attached hydrogens (tertiary/aromatic N) is 2. The van der Waals surface area contributed by atoms with Gasteiger partial charge in [-0.1, -0.05) is 0 Å². The van der Waals surface area contributed by atoms with Crippen molar-refractivity contribution in [3.8, 4) is 28.5 Å². The summed E-state index contributed by atoms with van der Waals surface area (Å²) in [5.74, 6) is 2.35. The van der Waals surface area contributed by atoms with E-state index in [1.807, 2.05) is 42.5 Å². The van der Waals surface area contributed by atoms with Gasteiger partial charge in [-0.15, -0.1) is 11.3 Å². The van der Waals surface area contributed by atoms with Gasteiger partial charge in [0.2, 0.25) is 0 Å². The summed E-state index contributed by atoms with van der Waals surface area (Å²) < 4.78 is 23.9. The lowest BCUT2D eigenvalue weighted by Crippen LogP contribution is -2.23. The second-order valence-electron chi connectivity index (χ2n) is 6.45. The fraction of sp³-hybridized carbons (Fsp3) is 0.318. The minimum Gasteiger partial charge on any atom is -0.497 e. The summed E-state index contributed by atoms with van der Waals surface area (Å²) in [4.78, 5) is 5.74. The summed E-state index contributed by atoms with van der Waals surface area (Å²) in [7, 11) is 6.68. The SMILES string of the molecule is COCC(C)n1c(-c2cc(OC)ccc2OC)csc1=Nc1ccc(OC)cc1. The highest BCUT2D eigenvalue weighted by molar-refractivity contribution is 7.07. The molecular formula is C22H26N2O4S. The zero-order chi connectivity index (χ0) is 20.8. The van der Waals surface area contributed by atoms with Gasteiger partial charge >= 0.3 is 0 Å². The number of rotatable bonds is 8. The number of aromatic nitrogens is 1. The first-order chi connectivity index (χ1) is 14.1. The van der Waals surface area contributed by atoms with Crippen LogP contribution in [0.2, 0.25) is 0 Å². The third-order valence-electron chi connectivity index (χ3n) is 4.57. The predicted molar refractivity (Wildman–Crippen MR) is 116 cm³/mol. The zero-order valence-corrected chi connectivity index (χ0v) is 18.2. The lowest BCUT2D eigenvalue weighted by molar-refractivity contribution is 0.162. The molecule has 3 rings (SSSR count). The first kappa shape index (κ1) is 21.0. The Morgan fingerprint density at radius 1 is 0.931 bits per heavy atom. The van der Waals surface area contributed by atoms with Crippen LogP contribution in [0.4, 0.5) is 5.69 Å². The molecule has 0 amide bonds. The summed E-state index contributed by atoms with van der Waals surface area (Å²) in [5.41, 5.74) is 2.81. The molecular weight excluding hydrogens is 388 g/mol. The number of hydrogen-bond acceptors (Lipinski definition) is 6. The maximum atomic E-state index is 5.61. The molecule has 0 bridgehead atoms. The van der Waals surface area contributed by atoms with Crippen molar-refractivity contribution in [2.24, 2.45) is 4.99 Å². The number of ether oxygens (including phenoxy) is 4. The van der Waals surface area contributed by atoms with E-state index in [2.05, 4.69) is 16.9 Å². The maximum absolute atomic E-state index is 5.61. The van der Waals surface area contributed by atoms with Gasteiger partial charge in [0.25, 0.3) is 0 Å². The van der Waals surface area contributed by atoms with Crippen LogP contribution in [0.15, 0.2) is 52.8 Å². The fourth-order valence-corrected chi connectivity index (χ4v) is 4.13. The molecule has 0 saturated carbocycles. The summed E-state index contributed by atoms with van der Waals surface area (Å²) >= 11 is 1.58. The Bertz CT molecular complexity index is 1010. The maximum Gasteiger partial charge on any atom is 0.190 e. The van der Waals surface area contributed by atoms with Crippen LogP contribution in [0.3, 0.4) is 0 Å². The van der Waals surface area contributed by atoms with E-state index in [1.165, 1.54) is 0 Å². The van der Waals surface area contributed by atoms with Gasteiger partial charge in [0.1, 0.15) is 17.2 Å². The lowest BCUT2D eigenvalue weighted by atomic mass is 10.1. The normalized spacial score (nSPS) is 12.7. The Balaban J connectivity index is 2.17. The average molecular weight is 415 g/mol. The van der Waals surface area contributed by atoms with Crippen molar-refractivity contribution in [2.75, 3.05) is 35.0 Å². The van der Waals surface area contributed by atoms with E-state index in [4.69, 9.17) is 23.9 Å². The van der Waals surface area contributed by atoms with Gasteiger partial charge < -0.3 is 23.5 Å². The van der Waals surface area contributed by atoms with Crippen LogP contribution in [0.5, 0.6) is 17.2 Å². The molecule has 0 aliphatic rings. The van der Waals surface area contributed by atoms with Gasteiger partial charge in [0.15, 0.2) is 4.80 Å². The van der Waals surface area contributed by atoms with Crippen LogP contribution < -0.4 is 19.0 Å². The molecule has 0 radical (unpaired) electrons. The molecule has 1 heterocycles. The predicted octanol–water partition coefficient (Wildman–Crippen LogP) is 4.68. The Morgan fingerprint density at radius 2 is 1.62 bits per heavy atom. The largest absolute Gasteiger partial charge is 0.497 e. The van der Waals surface area contributed by atoms with Crippen molar-refractivity contribution in [2.45, 2.75) is 13.0 Å². The standard InChI is InChI=1S/C22H26N2O4S/c1-15(13-25-2)24-20(19-12-18(27-4)10-11-21(19)28-5)14-29-22(24)23-16-6-8-17(26-3)9-7-16/h6-12,14-15H,13H2,1-5H3. The molecule has 29 heavy (non-hydrogen) atoms. The van der Waals surface area contributed by atoms with Crippen LogP contribution in [-0.2, 0) is 4.74 Å². The summed E-state index contributed by atoms with van der Waals surface area (Å²) in [6.45, 7) is 2.67. The molecule has 0 fully saturated rings. The van der Waals surface area contributed by atoms with Gasteiger partial charge in [0.05, 0.1) is 45.4 Å². The number of thiazole rings is 1. The molecule has 7 heteroatoms. The monoisotopic (exact) mass is 414 g/mol. The Kier molecular flexibility index (Phi) is 6.95. The van der Waals surface area contributed by atoms with Gasteiger partial charge in [0, 0.05) is 18.1 Å². The highest BCUT2D eigenvalue weighted by Gasteiger charge is 2.18. The number of methoxy groups -OCH3 is 4. The van der Waals surface area contributed by atoms with E-state index in [0.717, 1.165) is 39.0 Å². The Labute approximate surface area is 175 Å². The summed E-state index contributed by atoms with van der Waals surface area (Å²) in [5, 5.41) is 2.09. The zero-order valence-electron chi connectivity index (χ0n) is 17.3. The van der Waals surface area contributed by atoms with E-state index < -0.39 is 0 Å². The Morgan fingerprint density at radius 3 is 2.24 bits per heavy atom. The second kappa shape index (κ2) is 9.62. The summed E-state index contributed by atoms with van der Waals surface area (Å²) in [6.07, 6.45) is 0. The first-order valence-electron chi connectivity index (χ1n) is 9.21. The third kappa shape index (κ3) is 4.63. The molecule has 1 atom stereocenters. The van der Waals surface area contributed by atoms with E-state index in [-0.39, 0.29) is 6.04 Å². The van der Waals surface area contributed by atoms with Gasteiger partial charge in [-0.3, -0.25) is 0 Å². The topological polar surface area (TPSA) is 54.2 Å². The third-order valence-corrected chi connectivity index (χ3v) is 5.41. The average Bonchev–Trinajstić information content (AvgIpc) is 3.17. The molecule has 0 aliphatic heterocycles. The molecule has 0 N–H and O–H groups in total. The van der Waals surface area contributed by atoms with Crippen molar-refractivity contribution < 1.29 is 18.9 Å². The molecule has 0 spiro atoms. The minimum absolute atomic E-state index is 0.0779. The molecule has 3 aromatic rings. The van der Waals surface area contributed by atoms with Crippen LogP contribution in [0.1, 0.15) is 13.0 Å². The van der Waals surface area contributed by atoms with Gasteiger partial charge in [-0.05, 0) is 49.4 Å². The highest BCUT2D eigenvalue weighted by Crippen LogP contribution is 2.35. The molecule has 0 aliphatic carbocycles. The van der Waals surface area contributed by atoms with E-state index in [9.17, 15) is 0 Å². The van der Waals surface area contributed by atoms with Crippen LogP contribution in [0, 0.1) is 0 Å². The number of hydrogen-bond donors (Lipinski definition) is 0. The van der Waals surface area contributed by atoms with Crippen LogP contribution >= 0.6 is 11.3 Å². The van der Waals surface area contributed by atoms with Crippen molar-refractivity contribution in [3.63, 3.8) is 0 Å². The molecule has 0 saturated heterocycles. The van der Waals surface area contributed by atoms with E-state index >= 15 is 0 Å².